The zero-order valence-electron chi connectivity index (χ0n) is 4.19. The quantitative estimate of drug-likeness (QED) is 0.365. The lowest BCUT2D eigenvalue weighted by molar-refractivity contribution is -0.109. The zero-order chi connectivity index (χ0) is 4.99. The van der Waals surface area contributed by atoms with Crippen LogP contribution < -0.4 is 5.41 Å². The van der Waals surface area contributed by atoms with Crippen LogP contribution in [0.25, 0.3) is 0 Å². The summed E-state index contributed by atoms with van der Waals surface area (Å²) in [6, 6.07) is 0. The first kappa shape index (κ1) is 6.02. The Kier molecular flexibility index (Phi) is 3.23. The fraction of sp³-hybridized carbons (Fsp3) is 0.750. The fourth-order valence-electron chi connectivity index (χ4n) is 0.228. The highest BCUT2D eigenvalue weighted by Gasteiger charge is 1.85. The smallest absolute Gasteiger partial charge is 0.204 e. The highest BCUT2D eigenvalue weighted by Crippen LogP contribution is 1.94. The molecule has 0 saturated carbocycles. The first-order valence-electron chi connectivity index (χ1n) is 1.99. The summed E-state index contributed by atoms with van der Waals surface area (Å²) in [7, 11) is 0. The van der Waals surface area contributed by atoms with Crippen molar-refractivity contribution in [2.75, 3.05) is 5.75 Å². The predicted molar refractivity (Wildman–Crippen MR) is 30.7 cm³/mol. The van der Waals surface area contributed by atoms with Crippen LogP contribution in [-0.4, -0.2) is 10.8 Å². The minimum absolute atomic E-state index is 0.956. The van der Waals surface area contributed by atoms with Gasteiger partial charge >= 0.3 is 0 Å². The van der Waals surface area contributed by atoms with E-state index in [-0.39, 0.29) is 0 Å². The van der Waals surface area contributed by atoms with Crippen molar-refractivity contribution in [1.29, 1.82) is 0 Å². The Labute approximate surface area is 42.6 Å². The number of rotatable bonds is 1. The molecule has 0 fully saturated rings. The molecule has 0 spiro atoms. The largest absolute Gasteiger partial charge is 0.253 e. The van der Waals surface area contributed by atoms with E-state index < -0.39 is 0 Å². The summed E-state index contributed by atoms with van der Waals surface area (Å²) in [5.41, 5.74) is 0. The summed E-state index contributed by atoms with van der Waals surface area (Å²) in [6.07, 6.45) is 0. The molecule has 0 aromatic rings. The monoisotopic (exact) mass is 104 g/mol. The molecule has 0 amide bonds. The van der Waals surface area contributed by atoms with E-state index in [1.807, 2.05) is 6.92 Å². The van der Waals surface area contributed by atoms with E-state index in [0.717, 1.165) is 10.8 Å². The van der Waals surface area contributed by atoms with Crippen LogP contribution >= 0.6 is 11.8 Å². The average Bonchev–Trinajstić information content (AvgIpc) is 1.35. The lowest BCUT2D eigenvalue weighted by atomic mass is 10.9. The van der Waals surface area contributed by atoms with Crippen LogP contribution in [0.5, 0.6) is 0 Å². The molecule has 0 aromatic heterocycles. The Balaban J connectivity index is 2.83. The molecule has 0 saturated heterocycles. The molecular weight excluding hydrogens is 94.1 g/mol. The van der Waals surface area contributed by atoms with Gasteiger partial charge in [-0.2, -0.15) is 0 Å². The van der Waals surface area contributed by atoms with Gasteiger partial charge in [0.2, 0.25) is 5.04 Å². The lowest BCUT2D eigenvalue weighted by Gasteiger charge is -1.79. The van der Waals surface area contributed by atoms with Gasteiger partial charge < -0.3 is 0 Å². The van der Waals surface area contributed by atoms with Gasteiger partial charge in [-0.15, -0.1) is 0 Å². The van der Waals surface area contributed by atoms with E-state index in [1.54, 1.807) is 11.8 Å². The molecule has 0 aromatic carbocycles. The Morgan fingerprint density at radius 1 is 1.83 bits per heavy atom. The van der Waals surface area contributed by atoms with E-state index in [2.05, 4.69) is 6.92 Å². The maximum Gasteiger partial charge on any atom is 0.204 e. The van der Waals surface area contributed by atoms with Crippen LogP contribution in [0, 0.1) is 0 Å². The molecule has 6 heavy (non-hydrogen) atoms. The Morgan fingerprint density at radius 3 is 2.33 bits per heavy atom. The Morgan fingerprint density at radius 2 is 2.33 bits per heavy atom. The zero-order valence-corrected chi connectivity index (χ0v) is 5.01. The summed E-state index contributed by atoms with van der Waals surface area (Å²) >= 11 is 1.68. The van der Waals surface area contributed by atoms with Gasteiger partial charge in [-0.05, 0) is 0 Å². The molecular formula is C4H10NS+. The van der Waals surface area contributed by atoms with Crippen LogP contribution in [0.4, 0.5) is 0 Å². The van der Waals surface area contributed by atoms with Crippen LogP contribution in [0.2, 0.25) is 0 Å². The number of hydrogen-bond acceptors (Lipinski definition) is 1. The van der Waals surface area contributed by atoms with Gasteiger partial charge in [0.1, 0.15) is 0 Å². The van der Waals surface area contributed by atoms with Crippen molar-refractivity contribution < 1.29 is 5.41 Å². The summed E-state index contributed by atoms with van der Waals surface area (Å²) in [5.74, 6) is 1.09. The predicted octanol–water partition coefficient (Wildman–Crippen LogP) is -0.0830. The Bertz CT molecular complexity index is 51.5. The van der Waals surface area contributed by atoms with Gasteiger partial charge in [-0.1, -0.05) is 18.7 Å². The molecule has 0 heterocycles. The van der Waals surface area contributed by atoms with Crippen LogP contribution in [0.1, 0.15) is 13.8 Å². The molecule has 0 bridgehead atoms. The number of thioether (sulfide) groups is 1. The Hall–Kier alpha value is 0.0200. The van der Waals surface area contributed by atoms with Gasteiger partial charge in [-0.25, -0.2) is 0 Å². The van der Waals surface area contributed by atoms with Gasteiger partial charge in [0.25, 0.3) is 0 Å². The van der Waals surface area contributed by atoms with Crippen molar-refractivity contribution in [3.05, 3.63) is 0 Å². The highest BCUT2D eigenvalue weighted by molar-refractivity contribution is 8.13. The van der Waals surface area contributed by atoms with Crippen LogP contribution in [0.3, 0.4) is 0 Å². The van der Waals surface area contributed by atoms with E-state index in [4.69, 9.17) is 5.41 Å². The molecule has 0 radical (unpaired) electrons. The fourth-order valence-corrected chi connectivity index (χ4v) is 0.683. The van der Waals surface area contributed by atoms with Gasteiger partial charge in [-0.3, -0.25) is 5.41 Å². The summed E-state index contributed by atoms with van der Waals surface area (Å²) in [5, 5.41) is 6.24. The maximum atomic E-state index is 5.28. The van der Waals surface area contributed by atoms with Crippen LogP contribution in [0.15, 0.2) is 0 Å². The van der Waals surface area contributed by atoms with Crippen molar-refractivity contribution in [2.24, 2.45) is 0 Å². The maximum absolute atomic E-state index is 5.28. The first-order valence-corrected chi connectivity index (χ1v) is 2.97. The lowest BCUT2D eigenvalue weighted by Crippen LogP contribution is -2.35. The molecule has 36 valence electrons. The van der Waals surface area contributed by atoms with Crippen molar-refractivity contribution in [2.45, 2.75) is 13.8 Å². The van der Waals surface area contributed by atoms with Gasteiger partial charge in [0.05, 0.1) is 0 Å². The minimum atomic E-state index is 0.956. The van der Waals surface area contributed by atoms with Crippen LogP contribution in [-0.2, 0) is 0 Å². The molecule has 0 atom stereocenters. The van der Waals surface area contributed by atoms with Crippen molar-refractivity contribution in [3.63, 3.8) is 0 Å². The third kappa shape index (κ3) is 4.02. The average molecular weight is 104 g/mol. The molecule has 0 unspecified atom stereocenters. The summed E-state index contributed by atoms with van der Waals surface area (Å²) in [4.78, 5) is 0. The standard InChI is InChI=1S/C4H9NS/c1-3-6-4(2)5/h5H,3H2,1-2H3/p+1. The highest BCUT2D eigenvalue weighted by atomic mass is 32.2. The van der Waals surface area contributed by atoms with Crippen molar-refractivity contribution in [1.82, 2.24) is 0 Å². The van der Waals surface area contributed by atoms with E-state index >= 15 is 0 Å². The van der Waals surface area contributed by atoms with Gasteiger partial charge in [0, 0.05) is 12.7 Å². The van der Waals surface area contributed by atoms with Gasteiger partial charge in [0.15, 0.2) is 0 Å². The molecule has 0 aliphatic heterocycles. The van der Waals surface area contributed by atoms with E-state index in [9.17, 15) is 0 Å². The third-order valence-corrected chi connectivity index (χ3v) is 1.12. The minimum Gasteiger partial charge on any atom is -0.253 e. The second-order valence-electron chi connectivity index (χ2n) is 1.04. The molecule has 2 heteroatoms. The SMILES string of the molecule is CCSC(C)=[NH2+]. The normalized spacial score (nSPS) is 8.33. The molecule has 0 rings (SSSR count). The second-order valence-corrected chi connectivity index (χ2v) is 2.55. The van der Waals surface area contributed by atoms with E-state index in [0.29, 0.717) is 0 Å². The third-order valence-electron chi connectivity index (χ3n) is 0.372. The summed E-state index contributed by atoms with van der Waals surface area (Å²) in [6.45, 7) is 4.00. The summed E-state index contributed by atoms with van der Waals surface area (Å²) < 4.78 is 0. The topological polar surface area (TPSA) is 25.6 Å². The molecule has 0 aliphatic carbocycles. The van der Waals surface area contributed by atoms with E-state index in [1.165, 1.54) is 0 Å². The molecule has 0 aliphatic rings. The number of nitrogens with two attached hydrogens (primary N) is 1. The molecule has 1 nitrogen and oxygen atoms in total. The first-order chi connectivity index (χ1) is 2.77. The van der Waals surface area contributed by atoms with Crippen molar-refractivity contribution in [3.8, 4) is 0 Å². The second kappa shape index (κ2) is 3.22. The molecule has 2 N–H and O–H groups in total. The van der Waals surface area contributed by atoms with Crippen molar-refractivity contribution >= 4 is 16.8 Å². The number of hydrogen-bond donors (Lipinski definition) is 1.